The molecule has 0 saturated heterocycles. The number of carbonyl (C=O) groups is 2. The van der Waals surface area contributed by atoms with E-state index in [1.807, 2.05) is 4.72 Å². The zero-order chi connectivity index (χ0) is 20.1. The first-order valence-corrected chi connectivity index (χ1v) is 8.57. The summed E-state index contributed by atoms with van der Waals surface area (Å²) in [6.07, 6.45) is -2.39. The van der Waals surface area contributed by atoms with Crippen LogP contribution in [0, 0.1) is 0 Å². The number of aliphatic carboxylic acids is 2. The SMILES string of the molecule is CC(O)[C@H](NS(=O)(=O)N[C@@H](CC(=O)O)c1nnc([C@@H](N)CO)o1)C(=O)O. The second-order valence-electron chi connectivity index (χ2n) is 5.21. The van der Waals surface area contributed by atoms with Crippen molar-refractivity contribution in [2.45, 2.75) is 37.6 Å². The molecule has 0 aliphatic rings. The van der Waals surface area contributed by atoms with Crippen molar-refractivity contribution in [3.8, 4) is 0 Å². The third kappa shape index (κ3) is 6.28. The molecule has 1 heterocycles. The van der Waals surface area contributed by atoms with Gasteiger partial charge in [0.05, 0.1) is 19.1 Å². The standard InChI is InChI=1S/C11H19N5O9S/c1-4(18)8(11(21)22)16-26(23,24)15-6(2-7(19)20)10-14-13-9(25-10)5(12)3-17/h4-6,8,15-18H,2-3,12H2,1H3,(H,19,20)(H,21,22)/t4?,5-,6-,8-/m0/s1. The van der Waals surface area contributed by atoms with Crippen molar-refractivity contribution in [3.05, 3.63) is 11.8 Å². The van der Waals surface area contributed by atoms with E-state index in [-0.39, 0.29) is 5.89 Å². The number of nitrogens with two attached hydrogens (primary N) is 1. The molecule has 0 aliphatic carbocycles. The summed E-state index contributed by atoms with van der Waals surface area (Å²) in [6, 6.07) is -4.48. The largest absolute Gasteiger partial charge is 0.481 e. The number of nitrogens with zero attached hydrogens (tertiary/aromatic N) is 2. The molecule has 1 aromatic heterocycles. The van der Waals surface area contributed by atoms with Gasteiger partial charge in [-0.15, -0.1) is 10.2 Å². The zero-order valence-corrected chi connectivity index (χ0v) is 14.3. The fourth-order valence-electron chi connectivity index (χ4n) is 1.71. The lowest BCUT2D eigenvalue weighted by molar-refractivity contribution is -0.141. The summed E-state index contributed by atoms with van der Waals surface area (Å²) in [6.45, 7) is 0.504. The van der Waals surface area contributed by atoms with Crippen LogP contribution in [0.1, 0.15) is 37.2 Å². The number of aliphatic hydroxyl groups is 2. The summed E-state index contributed by atoms with van der Waals surface area (Å²) in [5.41, 5.74) is 5.46. The first kappa shape index (κ1) is 21.9. The normalized spacial score (nSPS) is 16.6. The monoisotopic (exact) mass is 397 g/mol. The lowest BCUT2D eigenvalue weighted by Crippen LogP contribution is -2.52. The predicted octanol–water partition coefficient (Wildman–Crippen LogP) is -3.16. The highest BCUT2D eigenvalue weighted by atomic mass is 32.2. The fourth-order valence-corrected chi connectivity index (χ4v) is 2.97. The molecule has 1 rings (SSSR count). The highest BCUT2D eigenvalue weighted by Gasteiger charge is 2.32. The topological polar surface area (TPSA) is 238 Å². The van der Waals surface area contributed by atoms with Crippen molar-refractivity contribution in [1.29, 1.82) is 0 Å². The summed E-state index contributed by atoms with van der Waals surface area (Å²) in [7, 11) is -4.59. The fraction of sp³-hybridized carbons (Fsp3) is 0.636. The lowest BCUT2D eigenvalue weighted by Gasteiger charge is -2.19. The van der Waals surface area contributed by atoms with E-state index < -0.39 is 65.3 Å². The molecular formula is C11H19N5O9S. The molecule has 0 aliphatic heterocycles. The Morgan fingerprint density at radius 1 is 1.23 bits per heavy atom. The van der Waals surface area contributed by atoms with E-state index in [0.717, 1.165) is 6.92 Å². The number of hydrogen-bond donors (Lipinski definition) is 7. The Morgan fingerprint density at radius 3 is 2.27 bits per heavy atom. The summed E-state index contributed by atoms with van der Waals surface area (Å²) in [5, 5.41) is 43.0. The van der Waals surface area contributed by atoms with E-state index in [9.17, 15) is 23.1 Å². The van der Waals surface area contributed by atoms with Gasteiger partial charge in [-0.05, 0) is 6.92 Å². The molecule has 4 atom stereocenters. The molecule has 0 fully saturated rings. The van der Waals surface area contributed by atoms with Gasteiger partial charge in [-0.25, -0.2) is 0 Å². The van der Waals surface area contributed by atoms with Crippen molar-refractivity contribution in [3.63, 3.8) is 0 Å². The maximum Gasteiger partial charge on any atom is 0.324 e. The van der Waals surface area contributed by atoms with Gasteiger partial charge in [0.2, 0.25) is 11.8 Å². The summed E-state index contributed by atoms with van der Waals surface area (Å²) in [4.78, 5) is 21.9. The van der Waals surface area contributed by atoms with Crippen molar-refractivity contribution in [2.75, 3.05) is 6.61 Å². The number of aliphatic hydroxyl groups excluding tert-OH is 2. The van der Waals surface area contributed by atoms with E-state index in [0.29, 0.717) is 0 Å². The van der Waals surface area contributed by atoms with Crippen molar-refractivity contribution < 1.29 is 42.9 Å². The average molecular weight is 397 g/mol. The smallest absolute Gasteiger partial charge is 0.324 e. The van der Waals surface area contributed by atoms with E-state index >= 15 is 0 Å². The van der Waals surface area contributed by atoms with Crippen LogP contribution in [0.15, 0.2) is 4.42 Å². The molecule has 0 saturated carbocycles. The van der Waals surface area contributed by atoms with Gasteiger partial charge in [0.1, 0.15) is 18.1 Å². The molecule has 148 valence electrons. The second-order valence-corrected chi connectivity index (χ2v) is 6.69. The summed E-state index contributed by atoms with van der Waals surface area (Å²) >= 11 is 0. The van der Waals surface area contributed by atoms with Crippen molar-refractivity contribution >= 4 is 22.1 Å². The molecule has 0 aromatic carbocycles. The summed E-state index contributed by atoms with van der Waals surface area (Å²) in [5.74, 6) is -3.78. The Kier molecular flexibility index (Phi) is 7.54. The molecule has 0 radical (unpaired) electrons. The van der Waals surface area contributed by atoms with Crippen LogP contribution in [-0.4, -0.2) is 69.7 Å². The highest BCUT2D eigenvalue weighted by Crippen LogP contribution is 2.19. The molecule has 8 N–H and O–H groups in total. The van der Waals surface area contributed by atoms with Gasteiger partial charge in [0, 0.05) is 0 Å². The van der Waals surface area contributed by atoms with Gasteiger partial charge in [0.15, 0.2) is 0 Å². The lowest BCUT2D eigenvalue weighted by atomic mass is 10.2. The molecule has 15 heteroatoms. The van der Waals surface area contributed by atoms with Gasteiger partial charge in [-0.1, -0.05) is 0 Å². The Labute approximate surface area is 147 Å². The Bertz CT molecular complexity index is 734. The van der Waals surface area contributed by atoms with Gasteiger partial charge >= 0.3 is 11.9 Å². The molecule has 26 heavy (non-hydrogen) atoms. The minimum atomic E-state index is -4.59. The van der Waals surface area contributed by atoms with Crippen LogP contribution in [-0.2, 0) is 19.8 Å². The molecule has 1 aromatic rings. The molecule has 1 unspecified atom stereocenters. The quantitative estimate of drug-likeness (QED) is 0.196. The van der Waals surface area contributed by atoms with Gasteiger partial charge in [0.25, 0.3) is 10.2 Å². The van der Waals surface area contributed by atoms with Crippen LogP contribution >= 0.6 is 0 Å². The van der Waals surface area contributed by atoms with E-state index in [1.54, 1.807) is 4.72 Å². The Hall–Kier alpha value is -2.17. The number of hydrogen-bond acceptors (Lipinski definition) is 10. The van der Waals surface area contributed by atoms with Crippen molar-refractivity contribution in [1.82, 2.24) is 19.6 Å². The Morgan fingerprint density at radius 2 is 1.81 bits per heavy atom. The molecule has 0 bridgehead atoms. The number of carboxylic acid groups (broad SMARTS) is 2. The maximum atomic E-state index is 12.1. The number of aromatic nitrogens is 2. The van der Waals surface area contributed by atoms with Crippen LogP contribution in [0.4, 0.5) is 0 Å². The van der Waals surface area contributed by atoms with Gasteiger partial charge < -0.3 is 30.6 Å². The average Bonchev–Trinajstić information content (AvgIpc) is 3.00. The zero-order valence-electron chi connectivity index (χ0n) is 13.4. The van der Waals surface area contributed by atoms with E-state index in [2.05, 4.69) is 10.2 Å². The van der Waals surface area contributed by atoms with Gasteiger partial charge in [-0.3, -0.25) is 9.59 Å². The molecule has 0 amide bonds. The van der Waals surface area contributed by atoms with Gasteiger partial charge in [-0.2, -0.15) is 17.9 Å². The number of rotatable bonds is 11. The van der Waals surface area contributed by atoms with Crippen LogP contribution in [0.25, 0.3) is 0 Å². The van der Waals surface area contributed by atoms with E-state index in [4.69, 9.17) is 25.5 Å². The van der Waals surface area contributed by atoms with E-state index in [1.165, 1.54) is 0 Å². The van der Waals surface area contributed by atoms with Crippen LogP contribution in [0.2, 0.25) is 0 Å². The minimum absolute atomic E-state index is 0.252. The molecule has 14 nitrogen and oxygen atoms in total. The third-order valence-electron chi connectivity index (χ3n) is 2.97. The molecule has 0 spiro atoms. The minimum Gasteiger partial charge on any atom is -0.481 e. The Balaban J connectivity index is 3.04. The third-order valence-corrected chi connectivity index (χ3v) is 4.13. The number of carboxylic acids is 2. The predicted molar refractivity (Wildman–Crippen MR) is 81.6 cm³/mol. The maximum absolute atomic E-state index is 12.1. The van der Waals surface area contributed by atoms with Crippen molar-refractivity contribution in [2.24, 2.45) is 5.73 Å². The first-order chi connectivity index (χ1) is 12.0. The summed E-state index contributed by atoms with van der Waals surface area (Å²) < 4.78 is 32.7. The van der Waals surface area contributed by atoms with Crippen LogP contribution < -0.4 is 15.2 Å². The second kappa shape index (κ2) is 8.97. The highest BCUT2D eigenvalue weighted by molar-refractivity contribution is 7.87. The first-order valence-electron chi connectivity index (χ1n) is 7.08. The number of nitrogens with one attached hydrogen (secondary N) is 2. The van der Waals surface area contributed by atoms with Crippen LogP contribution in [0.5, 0.6) is 0 Å². The van der Waals surface area contributed by atoms with Crippen LogP contribution in [0.3, 0.4) is 0 Å². The molecular weight excluding hydrogens is 378 g/mol.